The molecule has 1 N–H and O–H groups in total. The largest absolute Gasteiger partial charge is 0.497 e. The third kappa shape index (κ3) is 5.74. The Morgan fingerprint density at radius 1 is 1.15 bits per heavy atom. The molecule has 27 heavy (non-hydrogen) atoms. The highest BCUT2D eigenvalue weighted by Crippen LogP contribution is 2.29. The minimum absolute atomic E-state index is 0.219. The molecule has 0 bridgehead atoms. The summed E-state index contributed by atoms with van der Waals surface area (Å²) < 4.78 is 9.91. The molecule has 2 rings (SSSR count). The number of carbonyl (C=O) groups excluding carboxylic acids is 2. The van der Waals surface area contributed by atoms with E-state index in [1.807, 2.05) is 0 Å². The van der Waals surface area contributed by atoms with Gasteiger partial charge < -0.3 is 14.8 Å². The van der Waals surface area contributed by atoms with Crippen LogP contribution in [-0.2, 0) is 14.3 Å². The van der Waals surface area contributed by atoms with Crippen LogP contribution >= 0.6 is 23.2 Å². The minimum atomic E-state index is -0.922. The molecule has 0 fully saturated rings. The van der Waals surface area contributed by atoms with E-state index >= 15 is 0 Å². The molecule has 0 atom stereocenters. The van der Waals surface area contributed by atoms with Crippen molar-refractivity contribution in [3.8, 4) is 11.8 Å². The van der Waals surface area contributed by atoms with Gasteiger partial charge in [-0.2, -0.15) is 5.26 Å². The van der Waals surface area contributed by atoms with Crippen molar-refractivity contribution in [2.75, 3.05) is 19.0 Å². The van der Waals surface area contributed by atoms with Crippen LogP contribution in [0.3, 0.4) is 0 Å². The van der Waals surface area contributed by atoms with Gasteiger partial charge in [0.2, 0.25) is 0 Å². The molecule has 2 aromatic rings. The molecule has 2 aromatic carbocycles. The van der Waals surface area contributed by atoms with Crippen LogP contribution in [0.2, 0.25) is 10.0 Å². The van der Waals surface area contributed by atoms with Gasteiger partial charge in [0.05, 0.1) is 22.8 Å². The average Bonchev–Trinajstić information content (AvgIpc) is 2.67. The number of amides is 1. The molecular formula is C19H14Cl2N2O4. The van der Waals surface area contributed by atoms with Gasteiger partial charge in [-0.3, -0.25) is 4.79 Å². The van der Waals surface area contributed by atoms with E-state index in [2.05, 4.69) is 5.32 Å². The van der Waals surface area contributed by atoms with Crippen LogP contribution in [0, 0.1) is 11.3 Å². The first-order valence-corrected chi connectivity index (χ1v) is 8.37. The fraction of sp³-hybridized carbons (Fsp3) is 0.105. The van der Waals surface area contributed by atoms with Crippen LogP contribution in [0.25, 0.3) is 6.08 Å². The molecule has 0 aromatic heterocycles. The van der Waals surface area contributed by atoms with E-state index in [0.717, 1.165) is 0 Å². The predicted octanol–water partition coefficient (Wildman–Crippen LogP) is 4.09. The first-order valence-electron chi connectivity index (χ1n) is 7.61. The third-order valence-corrected chi connectivity index (χ3v) is 3.96. The van der Waals surface area contributed by atoms with E-state index in [1.165, 1.54) is 13.2 Å². The Kier molecular flexibility index (Phi) is 7.24. The van der Waals surface area contributed by atoms with Gasteiger partial charge >= 0.3 is 5.97 Å². The second kappa shape index (κ2) is 9.62. The summed E-state index contributed by atoms with van der Waals surface area (Å²) in [7, 11) is 1.53. The van der Waals surface area contributed by atoms with Gasteiger partial charge in [0.25, 0.3) is 5.91 Å². The van der Waals surface area contributed by atoms with Gasteiger partial charge in [-0.15, -0.1) is 0 Å². The summed E-state index contributed by atoms with van der Waals surface area (Å²) in [5, 5.41) is 12.1. The Labute approximate surface area is 165 Å². The van der Waals surface area contributed by atoms with Crippen molar-refractivity contribution in [2.24, 2.45) is 0 Å². The van der Waals surface area contributed by atoms with Crippen molar-refractivity contribution in [3.05, 3.63) is 63.6 Å². The summed E-state index contributed by atoms with van der Waals surface area (Å²) in [4.78, 5) is 24.0. The Bertz CT molecular complexity index is 898. The first kappa shape index (κ1) is 20.3. The molecule has 0 aliphatic rings. The molecular weight excluding hydrogens is 391 g/mol. The first-order chi connectivity index (χ1) is 12.9. The molecule has 0 radical (unpaired) electrons. The second-order valence-corrected chi connectivity index (χ2v) is 5.98. The molecule has 0 aliphatic carbocycles. The van der Waals surface area contributed by atoms with Crippen LogP contribution < -0.4 is 10.1 Å². The van der Waals surface area contributed by atoms with Crippen molar-refractivity contribution in [3.63, 3.8) is 0 Å². The van der Waals surface area contributed by atoms with Crippen LogP contribution in [-0.4, -0.2) is 25.6 Å². The van der Waals surface area contributed by atoms with Crippen LogP contribution in [0.4, 0.5) is 5.69 Å². The summed E-state index contributed by atoms with van der Waals surface area (Å²) in [6.07, 6.45) is 1.35. The molecule has 0 heterocycles. The maximum atomic E-state index is 12.0. The van der Waals surface area contributed by atoms with Crippen molar-refractivity contribution in [2.45, 2.75) is 0 Å². The second-order valence-electron chi connectivity index (χ2n) is 5.16. The summed E-state index contributed by atoms with van der Waals surface area (Å²) in [6, 6.07) is 13.2. The van der Waals surface area contributed by atoms with Crippen molar-refractivity contribution < 1.29 is 19.1 Å². The number of carbonyl (C=O) groups is 2. The SMILES string of the molecule is COc1ccc(/C=C(\C#N)C(=O)OCC(=O)Nc2c(Cl)cccc2Cl)cc1. The number of esters is 1. The highest BCUT2D eigenvalue weighted by atomic mass is 35.5. The molecule has 0 saturated heterocycles. The molecule has 0 aliphatic heterocycles. The fourth-order valence-corrected chi connectivity index (χ4v) is 2.50. The minimum Gasteiger partial charge on any atom is -0.497 e. The number of halogens is 2. The maximum absolute atomic E-state index is 12.0. The number of nitriles is 1. The number of para-hydroxylation sites is 1. The lowest BCUT2D eigenvalue weighted by atomic mass is 10.1. The Hall–Kier alpha value is -3.01. The monoisotopic (exact) mass is 404 g/mol. The molecule has 8 heteroatoms. The Balaban J connectivity index is 1.99. The molecule has 6 nitrogen and oxygen atoms in total. The topological polar surface area (TPSA) is 88.4 Å². The highest BCUT2D eigenvalue weighted by Gasteiger charge is 2.15. The lowest BCUT2D eigenvalue weighted by Crippen LogP contribution is -2.21. The van der Waals surface area contributed by atoms with Gasteiger partial charge in [-0.05, 0) is 35.9 Å². The maximum Gasteiger partial charge on any atom is 0.349 e. The number of methoxy groups -OCH3 is 1. The number of rotatable bonds is 6. The zero-order chi connectivity index (χ0) is 19.8. The van der Waals surface area contributed by atoms with E-state index in [1.54, 1.807) is 48.5 Å². The van der Waals surface area contributed by atoms with Gasteiger partial charge in [-0.1, -0.05) is 41.4 Å². The zero-order valence-corrected chi connectivity index (χ0v) is 15.7. The van der Waals surface area contributed by atoms with Crippen LogP contribution in [0.1, 0.15) is 5.56 Å². The summed E-state index contributed by atoms with van der Waals surface area (Å²) >= 11 is 11.9. The number of ether oxygens (including phenoxy) is 2. The van der Waals surface area contributed by atoms with Crippen LogP contribution in [0.15, 0.2) is 48.0 Å². The Morgan fingerprint density at radius 2 is 1.78 bits per heavy atom. The predicted molar refractivity (Wildman–Crippen MR) is 103 cm³/mol. The molecule has 0 spiro atoms. The Morgan fingerprint density at radius 3 is 2.33 bits per heavy atom. The number of anilines is 1. The van der Waals surface area contributed by atoms with E-state index < -0.39 is 18.5 Å². The number of hydrogen-bond acceptors (Lipinski definition) is 5. The van der Waals surface area contributed by atoms with Gasteiger partial charge in [-0.25, -0.2) is 4.79 Å². The standard InChI is InChI=1S/C19H14Cl2N2O4/c1-26-14-7-5-12(6-8-14)9-13(10-22)19(25)27-11-17(24)23-18-15(20)3-2-4-16(18)21/h2-9H,11H2,1H3,(H,23,24)/b13-9+. The van der Waals surface area contributed by atoms with E-state index in [4.69, 9.17) is 37.9 Å². The molecule has 138 valence electrons. The van der Waals surface area contributed by atoms with Gasteiger partial charge in [0, 0.05) is 0 Å². The zero-order valence-electron chi connectivity index (χ0n) is 14.2. The quantitative estimate of drug-likeness (QED) is 0.444. The molecule has 1 amide bonds. The van der Waals surface area contributed by atoms with E-state index in [0.29, 0.717) is 11.3 Å². The lowest BCUT2D eigenvalue weighted by Gasteiger charge is -2.09. The lowest BCUT2D eigenvalue weighted by molar-refractivity contribution is -0.142. The average molecular weight is 405 g/mol. The van der Waals surface area contributed by atoms with Crippen molar-refractivity contribution >= 4 is 46.8 Å². The van der Waals surface area contributed by atoms with Crippen LogP contribution in [0.5, 0.6) is 5.75 Å². The summed E-state index contributed by atoms with van der Waals surface area (Å²) in [5.41, 5.74) is 0.580. The number of nitrogens with one attached hydrogen (secondary N) is 1. The normalized spacial score (nSPS) is 10.7. The smallest absolute Gasteiger partial charge is 0.349 e. The summed E-state index contributed by atoms with van der Waals surface area (Å²) in [5.74, 6) is -0.919. The third-order valence-electron chi connectivity index (χ3n) is 3.33. The molecule has 0 unspecified atom stereocenters. The number of hydrogen-bond donors (Lipinski definition) is 1. The van der Waals surface area contributed by atoms with Crippen molar-refractivity contribution in [1.29, 1.82) is 5.26 Å². The highest BCUT2D eigenvalue weighted by molar-refractivity contribution is 6.39. The van der Waals surface area contributed by atoms with Gasteiger partial charge in [0.15, 0.2) is 6.61 Å². The number of nitrogens with zero attached hydrogens (tertiary/aromatic N) is 1. The van der Waals surface area contributed by atoms with E-state index in [9.17, 15) is 9.59 Å². The summed E-state index contributed by atoms with van der Waals surface area (Å²) in [6.45, 7) is -0.595. The number of benzene rings is 2. The van der Waals surface area contributed by atoms with Gasteiger partial charge in [0.1, 0.15) is 17.4 Å². The fourth-order valence-electron chi connectivity index (χ4n) is 2.01. The van der Waals surface area contributed by atoms with E-state index in [-0.39, 0.29) is 21.3 Å². The molecule has 0 saturated carbocycles. The van der Waals surface area contributed by atoms with Crippen molar-refractivity contribution in [1.82, 2.24) is 0 Å².